The lowest BCUT2D eigenvalue weighted by Crippen LogP contribution is -2.44. The molecule has 1 unspecified atom stereocenters. The van der Waals surface area contributed by atoms with Crippen LogP contribution in [0.25, 0.3) is 0 Å². The molecule has 1 amide bonds. The number of hydrogen-bond donors (Lipinski definition) is 2. The van der Waals surface area contributed by atoms with E-state index in [1.807, 2.05) is 0 Å². The van der Waals surface area contributed by atoms with Crippen molar-refractivity contribution in [3.63, 3.8) is 0 Å². The summed E-state index contributed by atoms with van der Waals surface area (Å²) in [5.74, 6) is -2.21. The van der Waals surface area contributed by atoms with Crippen LogP contribution in [0.4, 0.5) is 14.9 Å². The van der Waals surface area contributed by atoms with E-state index in [1.54, 1.807) is 20.8 Å². The number of carbonyl (C=O) groups excluding carboxylic acids is 1. The maximum Gasteiger partial charge on any atom is 0.408 e. The van der Waals surface area contributed by atoms with Crippen molar-refractivity contribution in [3.05, 3.63) is 39.7 Å². The van der Waals surface area contributed by atoms with Gasteiger partial charge in [0.05, 0.1) is 4.92 Å². The lowest BCUT2D eigenvalue weighted by atomic mass is 10.0. The van der Waals surface area contributed by atoms with Crippen LogP contribution in [0.2, 0.25) is 0 Å². The van der Waals surface area contributed by atoms with Crippen molar-refractivity contribution in [2.75, 3.05) is 0 Å². The van der Waals surface area contributed by atoms with Gasteiger partial charge in [-0.1, -0.05) is 0 Å². The van der Waals surface area contributed by atoms with Gasteiger partial charge in [-0.2, -0.15) is 0 Å². The molecule has 0 saturated carbocycles. The first-order valence-electron chi connectivity index (χ1n) is 6.65. The number of nitrogens with zero attached hydrogens (tertiary/aromatic N) is 1. The second-order valence-corrected chi connectivity index (χ2v) is 5.77. The summed E-state index contributed by atoms with van der Waals surface area (Å²) in [5.41, 5.74) is -1.39. The molecule has 0 heterocycles. The summed E-state index contributed by atoms with van der Waals surface area (Å²) in [7, 11) is 0. The lowest BCUT2D eigenvalue weighted by molar-refractivity contribution is -0.385. The maximum atomic E-state index is 13.7. The van der Waals surface area contributed by atoms with E-state index in [9.17, 15) is 24.1 Å². The fourth-order valence-corrected chi connectivity index (χ4v) is 1.70. The van der Waals surface area contributed by atoms with E-state index in [0.29, 0.717) is 0 Å². The summed E-state index contributed by atoms with van der Waals surface area (Å²) in [5, 5.41) is 21.9. The van der Waals surface area contributed by atoms with E-state index in [0.717, 1.165) is 18.2 Å². The summed E-state index contributed by atoms with van der Waals surface area (Å²) in [6, 6.07) is 1.29. The van der Waals surface area contributed by atoms with E-state index in [-0.39, 0.29) is 11.3 Å². The number of carboxylic acid groups (broad SMARTS) is 1. The molecule has 0 aliphatic heterocycles. The van der Waals surface area contributed by atoms with Gasteiger partial charge in [0.15, 0.2) is 0 Å². The van der Waals surface area contributed by atoms with Gasteiger partial charge in [0.25, 0.3) is 5.69 Å². The third-order valence-corrected chi connectivity index (χ3v) is 2.65. The van der Waals surface area contributed by atoms with Gasteiger partial charge in [-0.05, 0) is 32.4 Å². The van der Waals surface area contributed by atoms with E-state index < -0.39 is 40.9 Å². The first-order chi connectivity index (χ1) is 10.5. The highest BCUT2D eigenvalue weighted by atomic mass is 19.1. The normalized spacial score (nSPS) is 12.3. The molecule has 0 bridgehead atoms. The second kappa shape index (κ2) is 7.03. The third kappa shape index (κ3) is 5.89. The Morgan fingerprint density at radius 3 is 2.52 bits per heavy atom. The van der Waals surface area contributed by atoms with E-state index in [4.69, 9.17) is 9.84 Å². The number of ether oxygens (including phenoxy) is 1. The monoisotopic (exact) mass is 328 g/mol. The summed E-state index contributed by atoms with van der Waals surface area (Å²) in [6.07, 6.45) is -1.43. The molecule has 1 atom stereocenters. The number of nitro benzene ring substituents is 1. The minimum absolute atomic E-state index is 0.192. The molecule has 0 radical (unpaired) electrons. The van der Waals surface area contributed by atoms with Crippen molar-refractivity contribution in [2.24, 2.45) is 0 Å². The molecular formula is C14H17FN2O6. The number of aliphatic carboxylic acids is 1. The number of benzene rings is 1. The van der Waals surface area contributed by atoms with Gasteiger partial charge in [-0.15, -0.1) is 0 Å². The molecule has 0 spiro atoms. The number of nitrogens with one attached hydrogen (secondary N) is 1. The Labute approximate surface area is 131 Å². The van der Waals surface area contributed by atoms with Crippen molar-refractivity contribution in [1.82, 2.24) is 5.32 Å². The van der Waals surface area contributed by atoms with Gasteiger partial charge in [0.1, 0.15) is 17.5 Å². The number of halogens is 1. The van der Waals surface area contributed by atoms with Gasteiger partial charge in [0, 0.05) is 18.6 Å². The van der Waals surface area contributed by atoms with Crippen molar-refractivity contribution in [2.45, 2.75) is 38.8 Å². The Kier molecular flexibility index (Phi) is 5.61. The van der Waals surface area contributed by atoms with Crippen LogP contribution in [0.1, 0.15) is 26.3 Å². The average molecular weight is 328 g/mol. The molecule has 1 aromatic carbocycles. The summed E-state index contributed by atoms with van der Waals surface area (Å²) in [4.78, 5) is 32.8. The number of carboxylic acids is 1. The van der Waals surface area contributed by atoms with Gasteiger partial charge in [0.2, 0.25) is 0 Å². The SMILES string of the molecule is CC(C)(C)OC(=O)NC(Cc1cc([N+](=O)[O-])ccc1F)C(=O)O. The lowest BCUT2D eigenvalue weighted by Gasteiger charge is -2.22. The van der Waals surface area contributed by atoms with Crippen molar-refractivity contribution in [3.8, 4) is 0 Å². The third-order valence-electron chi connectivity index (χ3n) is 2.65. The van der Waals surface area contributed by atoms with Crippen LogP contribution >= 0.6 is 0 Å². The Hall–Kier alpha value is -2.71. The summed E-state index contributed by atoms with van der Waals surface area (Å²) < 4.78 is 18.6. The van der Waals surface area contributed by atoms with E-state index in [1.165, 1.54) is 0 Å². The number of hydrogen-bond acceptors (Lipinski definition) is 5. The zero-order valence-corrected chi connectivity index (χ0v) is 12.8. The number of rotatable bonds is 5. The number of nitro groups is 1. The molecule has 1 aromatic rings. The largest absolute Gasteiger partial charge is 0.480 e. The summed E-state index contributed by atoms with van der Waals surface area (Å²) in [6.45, 7) is 4.80. The van der Waals surface area contributed by atoms with Gasteiger partial charge >= 0.3 is 12.1 Å². The van der Waals surface area contributed by atoms with Gasteiger partial charge in [-0.25, -0.2) is 14.0 Å². The number of amides is 1. The molecule has 126 valence electrons. The Morgan fingerprint density at radius 1 is 1.43 bits per heavy atom. The molecule has 23 heavy (non-hydrogen) atoms. The van der Waals surface area contributed by atoms with Crippen molar-refractivity contribution >= 4 is 17.7 Å². The van der Waals surface area contributed by atoms with Crippen LogP contribution in [0.3, 0.4) is 0 Å². The summed E-state index contributed by atoms with van der Waals surface area (Å²) >= 11 is 0. The first kappa shape index (κ1) is 18.3. The zero-order chi connectivity index (χ0) is 17.8. The van der Waals surface area contributed by atoms with Gasteiger partial charge < -0.3 is 15.2 Å². The molecule has 8 nitrogen and oxygen atoms in total. The van der Waals surface area contributed by atoms with Crippen LogP contribution in [0.5, 0.6) is 0 Å². The molecule has 0 aliphatic rings. The Balaban J connectivity index is 2.92. The molecule has 0 saturated heterocycles. The first-order valence-corrected chi connectivity index (χ1v) is 6.65. The molecule has 0 fully saturated rings. The molecule has 9 heteroatoms. The number of non-ortho nitro benzene ring substituents is 1. The van der Waals surface area contributed by atoms with Crippen molar-refractivity contribution < 1.29 is 28.7 Å². The standard InChI is InChI=1S/C14H17FN2O6/c1-14(2,3)23-13(20)16-11(12(18)19)7-8-6-9(17(21)22)4-5-10(8)15/h4-6,11H,7H2,1-3H3,(H,16,20)(H,18,19). The minimum Gasteiger partial charge on any atom is -0.480 e. The van der Waals surface area contributed by atoms with E-state index >= 15 is 0 Å². The van der Waals surface area contributed by atoms with Crippen LogP contribution in [0.15, 0.2) is 18.2 Å². The Morgan fingerprint density at radius 2 is 2.04 bits per heavy atom. The molecular weight excluding hydrogens is 311 g/mol. The van der Waals surface area contributed by atoms with Crippen LogP contribution in [0, 0.1) is 15.9 Å². The predicted molar refractivity (Wildman–Crippen MR) is 77.6 cm³/mol. The maximum absolute atomic E-state index is 13.7. The minimum atomic E-state index is -1.48. The van der Waals surface area contributed by atoms with E-state index in [2.05, 4.69) is 5.32 Å². The molecule has 1 rings (SSSR count). The highest BCUT2D eigenvalue weighted by Gasteiger charge is 2.26. The highest BCUT2D eigenvalue weighted by molar-refractivity contribution is 5.80. The molecule has 2 N–H and O–H groups in total. The zero-order valence-electron chi connectivity index (χ0n) is 12.8. The Bertz CT molecular complexity index is 626. The predicted octanol–water partition coefficient (Wildman–Crippen LogP) is 2.25. The smallest absolute Gasteiger partial charge is 0.408 e. The molecule has 0 aromatic heterocycles. The average Bonchev–Trinajstić information content (AvgIpc) is 2.37. The van der Waals surface area contributed by atoms with Gasteiger partial charge in [-0.3, -0.25) is 10.1 Å². The van der Waals surface area contributed by atoms with Crippen LogP contribution in [-0.4, -0.2) is 33.7 Å². The number of carbonyl (C=O) groups is 2. The van der Waals surface area contributed by atoms with Crippen LogP contribution in [-0.2, 0) is 16.0 Å². The van der Waals surface area contributed by atoms with Crippen molar-refractivity contribution in [1.29, 1.82) is 0 Å². The quantitative estimate of drug-likeness (QED) is 0.632. The highest BCUT2D eigenvalue weighted by Crippen LogP contribution is 2.18. The second-order valence-electron chi connectivity index (χ2n) is 5.77. The van der Waals surface area contributed by atoms with Crippen LogP contribution < -0.4 is 5.32 Å². The molecule has 0 aliphatic carbocycles. The topological polar surface area (TPSA) is 119 Å². The number of alkyl carbamates (subject to hydrolysis) is 1. The fraction of sp³-hybridized carbons (Fsp3) is 0.429. The fourth-order valence-electron chi connectivity index (χ4n) is 1.70.